The van der Waals surface area contributed by atoms with E-state index in [1.165, 1.54) is 0 Å². The molecule has 4 bridgehead atoms. The van der Waals surface area contributed by atoms with Crippen LogP contribution in [0.3, 0.4) is 0 Å². The van der Waals surface area contributed by atoms with E-state index in [-0.39, 0.29) is 18.9 Å². The molecule has 1 saturated heterocycles. The first-order valence-electron chi connectivity index (χ1n) is 10.7. The number of hydrogen-bond acceptors (Lipinski definition) is 7. The maximum absolute atomic E-state index is 12.0. The zero-order valence-corrected chi connectivity index (χ0v) is 17.4. The van der Waals surface area contributed by atoms with Crippen molar-refractivity contribution in [2.75, 3.05) is 13.2 Å². The van der Waals surface area contributed by atoms with Crippen LogP contribution in [0.15, 0.2) is 30.6 Å². The van der Waals surface area contributed by atoms with Crippen LogP contribution in [0.5, 0.6) is 5.75 Å². The molecule has 9 heteroatoms. The molecule has 3 aromatic rings. The number of carbonyl (C=O) groups is 1. The van der Waals surface area contributed by atoms with Crippen LogP contribution in [-0.2, 0) is 16.1 Å². The Bertz CT molecular complexity index is 1090. The van der Waals surface area contributed by atoms with Gasteiger partial charge in [0, 0.05) is 25.0 Å². The number of carbonyl (C=O) groups excluding carboxylic acids is 1. The number of amides is 1. The molecule has 1 unspecified atom stereocenters. The van der Waals surface area contributed by atoms with E-state index in [0.29, 0.717) is 30.0 Å². The largest absolute Gasteiger partial charge is 0.491 e. The van der Waals surface area contributed by atoms with Gasteiger partial charge in [-0.3, -0.25) is 4.98 Å². The molecule has 5 rings (SSSR count). The highest BCUT2D eigenvalue weighted by Crippen LogP contribution is 2.34. The fourth-order valence-corrected chi connectivity index (χ4v) is 3.97. The van der Waals surface area contributed by atoms with Crippen molar-refractivity contribution in [1.29, 1.82) is 0 Å². The topological polar surface area (TPSA) is 100 Å². The van der Waals surface area contributed by atoms with Crippen LogP contribution in [0.1, 0.15) is 44.5 Å². The second-order valence-corrected chi connectivity index (χ2v) is 7.91. The lowest BCUT2D eigenvalue weighted by atomic mass is 10.1. The molecule has 9 nitrogen and oxygen atoms in total. The van der Waals surface area contributed by atoms with Gasteiger partial charge in [-0.05, 0) is 44.4 Å². The predicted molar refractivity (Wildman–Crippen MR) is 112 cm³/mol. The number of nitrogens with zero attached hydrogens (tertiary/aromatic N) is 4. The highest BCUT2D eigenvalue weighted by atomic mass is 16.5. The van der Waals surface area contributed by atoms with E-state index < -0.39 is 6.09 Å². The minimum absolute atomic E-state index is 0.0361. The van der Waals surface area contributed by atoms with E-state index in [9.17, 15) is 4.79 Å². The fraction of sp³-hybridized carbons (Fsp3) is 0.455. The lowest BCUT2D eigenvalue weighted by molar-refractivity contribution is -0.0365. The van der Waals surface area contributed by atoms with Crippen molar-refractivity contribution in [2.45, 2.75) is 51.5 Å². The zero-order chi connectivity index (χ0) is 21.2. The van der Waals surface area contributed by atoms with Crippen LogP contribution in [0.25, 0.3) is 22.3 Å². The van der Waals surface area contributed by atoms with Crippen molar-refractivity contribution in [3.05, 3.63) is 36.3 Å². The van der Waals surface area contributed by atoms with Gasteiger partial charge in [0.15, 0.2) is 6.23 Å². The van der Waals surface area contributed by atoms with Crippen molar-refractivity contribution in [1.82, 2.24) is 25.1 Å². The summed E-state index contributed by atoms with van der Waals surface area (Å²) < 4.78 is 19.3. The number of benzene rings is 1. The maximum atomic E-state index is 12.0. The Labute approximate surface area is 179 Å². The molecule has 2 aliphatic heterocycles. The van der Waals surface area contributed by atoms with E-state index in [2.05, 4.69) is 15.3 Å². The highest BCUT2D eigenvalue weighted by molar-refractivity contribution is 5.93. The SMILES string of the molecule is C[C@@H]1CCNC(=O)OCc2cncc(n2)-c2nn(C3CCCCO3)c3ccc(cc23)O1. The molecule has 2 atom stereocenters. The first-order valence-corrected chi connectivity index (χ1v) is 10.7. The average molecular weight is 423 g/mol. The quantitative estimate of drug-likeness (QED) is 0.638. The molecule has 0 saturated carbocycles. The lowest BCUT2D eigenvalue weighted by Gasteiger charge is -2.23. The van der Waals surface area contributed by atoms with Crippen molar-refractivity contribution in [3.8, 4) is 17.1 Å². The van der Waals surface area contributed by atoms with Gasteiger partial charge in [-0.1, -0.05) is 0 Å². The fourth-order valence-electron chi connectivity index (χ4n) is 3.97. The molecule has 0 spiro atoms. The summed E-state index contributed by atoms with van der Waals surface area (Å²) >= 11 is 0. The number of ether oxygens (including phenoxy) is 3. The van der Waals surface area contributed by atoms with Crippen LogP contribution >= 0.6 is 0 Å². The van der Waals surface area contributed by atoms with Crippen molar-refractivity contribution >= 4 is 17.0 Å². The molecule has 1 N–H and O–H groups in total. The van der Waals surface area contributed by atoms with E-state index in [4.69, 9.17) is 19.3 Å². The summed E-state index contributed by atoms with van der Waals surface area (Å²) in [5.74, 6) is 0.743. The monoisotopic (exact) mass is 423 g/mol. The summed E-state index contributed by atoms with van der Waals surface area (Å²) in [7, 11) is 0. The second-order valence-electron chi connectivity index (χ2n) is 7.91. The molecule has 2 aliphatic rings. The molecular weight excluding hydrogens is 398 g/mol. The van der Waals surface area contributed by atoms with E-state index >= 15 is 0 Å². The summed E-state index contributed by atoms with van der Waals surface area (Å²) in [6.07, 6.45) is 6.34. The molecule has 0 radical (unpaired) electrons. The summed E-state index contributed by atoms with van der Waals surface area (Å²) in [5, 5.41) is 8.55. The Kier molecular flexibility index (Phi) is 5.42. The number of aromatic nitrogens is 4. The molecule has 2 aromatic heterocycles. The van der Waals surface area contributed by atoms with Crippen LogP contribution in [0.2, 0.25) is 0 Å². The molecular formula is C22H25N5O4. The van der Waals surface area contributed by atoms with Crippen molar-refractivity contribution in [2.24, 2.45) is 0 Å². The molecule has 1 fully saturated rings. The normalized spacial score (nSPS) is 22.2. The van der Waals surface area contributed by atoms with E-state index in [1.807, 2.05) is 29.8 Å². The number of alkyl carbamates (subject to hydrolysis) is 1. The molecule has 4 heterocycles. The van der Waals surface area contributed by atoms with Crippen LogP contribution in [0.4, 0.5) is 4.79 Å². The zero-order valence-electron chi connectivity index (χ0n) is 17.4. The van der Waals surface area contributed by atoms with Crippen LogP contribution in [-0.4, -0.2) is 45.1 Å². The van der Waals surface area contributed by atoms with Gasteiger partial charge in [0.25, 0.3) is 0 Å². The molecule has 1 aromatic carbocycles. The number of fused-ring (bicyclic) bond motifs is 4. The van der Waals surface area contributed by atoms with Crippen molar-refractivity contribution in [3.63, 3.8) is 0 Å². The molecule has 31 heavy (non-hydrogen) atoms. The van der Waals surface area contributed by atoms with Gasteiger partial charge in [-0.25, -0.2) is 14.5 Å². The minimum atomic E-state index is -0.490. The van der Waals surface area contributed by atoms with E-state index in [1.54, 1.807) is 12.4 Å². The number of rotatable bonds is 1. The summed E-state index contributed by atoms with van der Waals surface area (Å²) in [6.45, 7) is 3.20. The number of cyclic esters (lactones) is 1. The average Bonchev–Trinajstić information content (AvgIpc) is 3.17. The summed E-state index contributed by atoms with van der Waals surface area (Å²) in [4.78, 5) is 20.9. The standard InChI is InChI=1S/C22H25N5O4/c1-14-7-8-24-22(28)30-13-15-11-23-12-18(25-15)21-17-10-16(31-14)5-6-19(17)27(26-21)20-4-2-3-9-29-20/h5-6,10-12,14,20H,2-4,7-9,13H2,1H3,(H,24,28)/t14-,20?/m1/s1. The van der Waals surface area contributed by atoms with Crippen LogP contribution in [0, 0.1) is 0 Å². The third-order valence-electron chi connectivity index (χ3n) is 5.54. The number of nitrogens with one attached hydrogen (secondary N) is 1. The van der Waals surface area contributed by atoms with Gasteiger partial charge in [0.2, 0.25) is 0 Å². The maximum Gasteiger partial charge on any atom is 0.407 e. The van der Waals surface area contributed by atoms with Gasteiger partial charge in [-0.2, -0.15) is 5.10 Å². The number of hydrogen-bond donors (Lipinski definition) is 1. The lowest BCUT2D eigenvalue weighted by Crippen LogP contribution is -2.28. The van der Waals surface area contributed by atoms with Gasteiger partial charge in [0.1, 0.15) is 23.7 Å². The van der Waals surface area contributed by atoms with Crippen molar-refractivity contribution < 1.29 is 19.0 Å². The molecule has 162 valence electrons. The Morgan fingerprint density at radius 2 is 2.13 bits per heavy atom. The van der Waals surface area contributed by atoms with Gasteiger partial charge < -0.3 is 19.5 Å². The third-order valence-corrected chi connectivity index (χ3v) is 5.54. The second kappa shape index (κ2) is 8.50. The smallest absolute Gasteiger partial charge is 0.407 e. The Hall–Kier alpha value is -3.20. The summed E-state index contributed by atoms with van der Waals surface area (Å²) in [5.41, 5.74) is 2.84. The Balaban J connectivity index is 1.63. The van der Waals surface area contributed by atoms with Gasteiger partial charge >= 0.3 is 6.09 Å². The molecule has 1 amide bonds. The van der Waals surface area contributed by atoms with Crippen LogP contribution < -0.4 is 10.1 Å². The Morgan fingerprint density at radius 1 is 1.19 bits per heavy atom. The first-order chi connectivity index (χ1) is 15.2. The Morgan fingerprint density at radius 3 is 3.00 bits per heavy atom. The van der Waals surface area contributed by atoms with Gasteiger partial charge in [0.05, 0.1) is 29.7 Å². The van der Waals surface area contributed by atoms with E-state index in [0.717, 1.165) is 42.5 Å². The highest BCUT2D eigenvalue weighted by Gasteiger charge is 2.23. The molecule has 0 aliphatic carbocycles. The summed E-state index contributed by atoms with van der Waals surface area (Å²) in [6, 6.07) is 5.97. The first kappa shape index (κ1) is 19.7. The predicted octanol–water partition coefficient (Wildman–Crippen LogP) is 3.59. The van der Waals surface area contributed by atoms with Gasteiger partial charge in [-0.15, -0.1) is 0 Å². The minimum Gasteiger partial charge on any atom is -0.491 e. The third kappa shape index (κ3) is 4.18.